The monoisotopic (exact) mass is 356 g/mol. The van der Waals surface area contributed by atoms with E-state index in [9.17, 15) is 9.59 Å². The van der Waals surface area contributed by atoms with Crippen molar-refractivity contribution in [2.45, 2.75) is 52.6 Å². The van der Waals surface area contributed by atoms with Crippen molar-refractivity contribution in [1.29, 1.82) is 0 Å². The van der Waals surface area contributed by atoms with Crippen molar-refractivity contribution in [3.63, 3.8) is 0 Å². The molecule has 0 radical (unpaired) electrons. The molecule has 6 heteroatoms. The molecule has 0 aliphatic rings. The van der Waals surface area contributed by atoms with Crippen molar-refractivity contribution in [3.05, 3.63) is 48.5 Å². The fourth-order valence-electron chi connectivity index (χ4n) is 2.64. The highest BCUT2D eigenvalue weighted by Gasteiger charge is 2.17. The molecule has 2 aromatic rings. The number of anilines is 1. The quantitative estimate of drug-likeness (QED) is 0.725. The molecule has 2 rings (SSSR count). The smallest absolute Gasteiger partial charge is 0.224 e. The normalized spacial score (nSPS) is 12.0. The first kappa shape index (κ1) is 19.7. The molecule has 0 spiro atoms. The minimum Gasteiger partial charge on any atom is -0.351 e. The molecular weight excluding hydrogens is 328 g/mol. The Kier molecular flexibility index (Phi) is 7.38. The van der Waals surface area contributed by atoms with E-state index < -0.39 is 0 Å². The van der Waals surface area contributed by atoms with Crippen LogP contribution >= 0.6 is 0 Å². The second-order valence-corrected chi connectivity index (χ2v) is 6.85. The van der Waals surface area contributed by atoms with Gasteiger partial charge in [-0.2, -0.15) is 0 Å². The molecule has 0 bridgehead atoms. The van der Waals surface area contributed by atoms with Gasteiger partial charge in [-0.15, -0.1) is 0 Å². The van der Waals surface area contributed by atoms with Crippen LogP contribution in [0.1, 0.15) is 39.2 Å². The van der Waals surface area contributed by atoms with Gasteiger partial charge in [0.15, 0.2) is 0 Å². The molecule has 140 valence electrons. The first-order chi connectivity index (χ1) is 12.5. The second kappa shape index (κ2) is 9.75. The summed E-state index contributed by atoms with van der Waals surface area (Å²) < 4.78 is 1.97. The van der Waals surface area contributed by atoms with Gasteiger partial charge in [-0.05, 0) is 30.0 Å². The Morgan fingerprint density at radius 2 is 1.88 bits per heavy atom. The fourth-order valence-corrected chi connectivity index (χ4v) is 2.64. The molecule has 0 aliphatic carbocycles. The van der Waals surface area contributed by atoms with Gasteiger partial charge in [0, 0.05) is 37.1 Å². The number of benzene rings is 1. The van der Waals surface area contributed by atoms with Crippen LogP contribution in [-0.4, -0.2) is 27.4 Å². The highest BCUT2D eigenvalue weighted by Crippen LogP contribution is 2.12. The van der Waals surface area contributed by atoms with Crippen LogP contribution in [0.4, 0.5) is 5.69 Å². The van der Waals surface area contributed by atoms with E-state index in [0.717, 1.165) is 17.7 Å². The summed E-state index contributed by atoms with van der Waals surface area (Å²) >= 11 is 0. The Bertz CT molecular complexity index is 693. The van der Waals surface area contributed by atoms with E-state index in [1.807, 2.05) is 42.0 Å². The summed E-state index contributed by atoms with van der Waals surface area (Å²) in [6, 6.07) is 7.47. The number of carbonyl (C=O) groups is 2. The molecule has 0 saturated heterocycles. The van der Waals surface area contributed by atoms with Gasteiger partial charge in [0.1, 0.15) is 0 Å². The van der Waals surface area contributed by atoms with Gasteiger partial charge < -0.3 is 15.2 Å². The van der Waals surface area contributed by atoms with E-state index in [1.165, 1.54) is 0 Å². The zero-order valence-corrected chi connectivity index (χ0v) is 15.7. The molecule has 0 aliphatic heterocycles. The van der Waals surface area contributed by atoms with Gasteiger partial charge >= 0.3 is 0 Å². The number of rotatable bonds is 9. The zero-order chi connectivity index (χ0) is 18.9. The number of hydrogen-bond donors (Lipinski definition) is 2. The molecule has 2 amide bonds. The number of imidazole rings is 1. The molecule has 1 atom stereocenters. The van der Waals surface area contributed by atoms with E-state index in [0.29, 0.717) is 25.3 Å². The Hall–Kier alpha value is -2.63. The topological polar surface area (TPSA) is 76.0 Å². The largest absolute Gasteiger partial charge is 0.351 e. The SMILES string of the molecule is CCCC(=O)Nc1ccc(CC(=O)N[C@H](Cn2ccnc2)C(C)C)cc1. The fraction of sp³-hybridized carbons (Fsp3) is 0.450. The van der Waals surface area contributed by atoms with E-state index >= 15 is 0 Å². The predicted molar refractivity (Wildman–Crippen MR) is 103 cm³/mol. The molecule has 1 heterocycles. The van der Waals surface area contributed by atoms with Crippen LogP contribution in [0.5, 0.6) is 0 Å². The van der Waals surface area contributed by atoms with E-state index in [2.05, 4.69) is 29.5 Å². The minimum absolute atomic E-state index is 0.00779. The molecule has 1 aromatic carbocycles. The maximum atomic E-state index is 12.4. The molecule has 2 N–H and O–H groups in total. The third kappa shape index (κ3) is 6.35. The molecule has 1 aromatic heterocycles. The predicted octanol–water partition coefficient (Wildman–Crippen LogP) is 3.01. The van der Waals surface area contributed by atoms with Crippen molar-refractivity contribution in [2.75, 3.05) is 5.32 Å². The molecular formula is C20H28N4O2. The number of nitrogens with zero attached hydrogens (tertiary/aromatic N) is 2. The van der Waals surface area contributed by atoms with E-state index in [1.54, 1.807) is 12.5 Å². The number of nitrogens with one attached hydrogen (secondary N) is 2. The standard InChI is InChI=1S/C20H28N4O2/c1-4-5-19(25)22-17-8-6-16(7-9-17)12-20(26)23-18(15(2)3)13-24-11-10-21-14-24/h6-11,14-15,18H,4-5,12-13H2,1-3H3,(H,22,25)(H,23,26)/t18-/m1/s1. The van der Waals surface area contributed by atoms with Gasteiger partial charge in [-0.25, -0.2) is 4.98 Å². The minimum atomic E-state index is -0.00779. The molecule has 26 heavy (non-hydrogen) atoms. The third-order valence-electron chi connectivity index (χ3n) is 4.20. The summed E-state index contributed by atoms with van der Waals surface area (Å²) in [7, 11) is 0. The van der Waals surface area contributed by atoms with Crippen molar-refractivity contribution in [1.82, 2.24) is 14.9 Å². The highest BCUT2D eigenvalue weighted by molar-refractivity contribution is 5.90. The lowest BCUT2D eigenvalue weighted by molar-refractivity contribution is -0.121. The number of carbonyl (C=O) groups excluding carboxylic acids is 2. The summed E-state index contributed by atoms with van der Waals surface area (Å²) in [5, 5.41) is 5.96. The van der Waals surface area contributed by atoms with Gasteiger partial charge in [0.2, 0.25) is 11.8 Å². The first-order valence-electron chi connectivity index (χ1n) is 9.11. The van der Waals surface area contributed by atoms with Crippen LogP contribution in [-0.2, 0) is 22.6 Å². The van der Waals surface area contributed by atoms with Crippen LogP contribution in [0.2, 0.25) is 0 Å². The third-order valence-corrected chi connectivity index (χ3v) is 4.20. The van der Waals surface area contributed by atoms with E-state index in [4.69, 9.17) is 0 Å². The van der Waals surface area contributed by atoms with Crippen molar-refractivity contribution < 1.29 is 9.59 Å². The zero-order valence-electron chi connectivity index (χ0n) is 15.7. The molecule has 6 nitrogen and oxygen atoms in total. The van der Waals surface area contributed by atoms with Crippen molar-refractivity contribution >= 4 is 17.5 Å². The van der Waals surface area contributed by atoms with Crippen molar-refractivity contribution in [2.24, 2.45) is 5.92 Å². The Labute approximate surface area is 155 Å². The van der Waals surface area contributed by atoms with Gasteiger partial charge in [-0.3, -0.25) is 9.59 Å². The second-order valence-electron chi connectivity index (χ2n) is 6.85. The average Bonchev–Trinajstić information content (AvgIpc) is 3.09. The van der Waals surface area contributed by atoms with Crippen LogP contribution in [0.15, 0.2) is 43.0 Å². The maximum Gasteiger partial charge on any atom is 0.224 e. The van der Waals surface area contributed by atoms with Crippen LogP contribution in [0.25, 0.3) is 0 Å². The first-order valence-corrected chi connectivity index (χ1v) is 9.11. The lowest BCUT2D eigenvalue weighted by Crippen LogP contribution is -2.42. The number of hydrogen-bond acceptors (Lipinski definition) is 3. The van der Waals surface area contributed by atoms with Crippen LogP contribution in [0.3, 0.4) is 0 Å². The Balaban J connectivity index is 1.88. The number of aromatic nitrogens is 2. The van der Waals surface area contributed by atoms with Crippen LogP contribution < -0.4 is 10.6 Å². The summed E-state index contributed by atoms with van der Waals surface area (Å²) in [5.41, 5.74) is 1.67. The highest BCUT2D eigenvalue weighted by atomic mass is 16.2. The Morgan fingerprint density at radius 3 is 2.46 bits per heavy atom. The van der Waals surface area contributed by atoms with Gasteiger partial charge in [0.25, 0.3) is 0 Å². The summed E-state index contributed by atoms with van der Waals surface area (Å²) in [4.78, 5) is 28.0. The molecule has 0 fully saturated rings. The lowest BCUT2D eigenvalue weighted by atomic mass is 10.0. The summed E-state index contributed by atoms with van der Waals surface area (Å²) in [6.45, 7) is 6.86. The molecule has 0 unspecified atom stereocenters. The summed E-state index contributed by atoms with van der Waals surface area (Å²) in [5.74, 6) is 0.321. The maximum absolute atomic E-state index is 12.4. The molecule has 0 saturated carbocycles. The van der Waals surface area contributed by atoms with Gasteiger partial charge in [0.05, 0.1) is 12.7 Å². The van der Waals surface area contributed by atoms with E-state index in [-0.39, 0.29) is 17.9 Å². The van der Waals surface area contributed by atoms with Crippen molar-refractivity contribution in [3.8, 4) is 0 Å². The van der Waals surface area contributed by atoms with Crippen LogP contribution in [0, 0.1) is 5.92 Å². The average molecular weight is 356 g/mol. The van der Waals surface area contributed by atoms with Gasteiger partial charge in [-0.1, -0.05) is 32.9 Å². The Morgan fingerprint density at radius 1 is 1.15 bits per heavy atom. The summed E-state index contributed by atoms with van der Waals surface area (Å²) in [6.07, 6.45) is 7.04. The number of amides is 2. The lowest BCUT2D eigenvalue weighted by Gasteiger charge is -2.23.